The van der Waals surface area contributed by atoms with Crippen molar-refractivity contribution in [1.82, 2.24) is 4.90 Å². The van der Waals surface area contributed by atoms with Crippen LogP contribution in [0, 0.1) is 0 Å². The van der Waals surface area contributed by atoms with Crippen molar-refractivity contribution in [2.24, 2.45) is 0 Å². The Bertz CT molecular complexity index is 285. The summed E-state index contributed by atoms with van der Waals surface area (Å²) in [5, 5.41) is 0.687. The summed E-state index contributed by atoms with van der Waals surface area (Å²) in [7, 11) is 0. The van der Waals surface area contributed by atoms with Crippen molar-refractivity contribution in [3.63, 3.8) is 0 Å². The highest BCUT2D eigenvalue weighted by Gasteiger charge is 2.46. The lowest BCUT2D eigenvalue weighted by molar-refractivity contribution is -0.193. The number of rotatable bonds is 2. The molecule has 0 N–H and O–H groups in total. The van der Waals surface area contributed by atoms with Crippen LogP contribution >= 0.6 is 11.6 Å². The summed E-state index contributed by atoms with van der Waals surface area (Å²) >= 11 is 5.89. The second kappa shape index (κ2) is 4.30. The van der Waals surface area contributed by atoms with Gasteiger partial charge in [-0.2, -0.15) is 0 Å². The Labute approximate surface area is 102 Å². The zero-order valence-electron chi connectivity index (χ0n) is 10.1. The van der Waals surface area contributed by atoms with Crippen molar-refractivity contribution in [3.05, 3.63) is 11.6 Å². The van der Waals surface area contributed by atoms with Gasteiger partial charge in [-0.15, -0.1) is 0 Å². The first-order valence-electron chi connectivity index (χ1n) is 5.74. The molecule has 1 spiro atoms. The van der Waals surface area contributed by atoms with Gasteiger partial charge in [0.25, 0.3) is 0 Å². The highest BCUT2D eigenvalue weighted by Crippen LogP contribution is 2.34. The van der Waals surface area contributed by atoms with Gasteiger partial charge < -0.3 is 9.47 Å². The number of hydrogen-bond acceptors (Lipinski definition) is 3. The standard InChI is InChI=1S/C12H20ClNO2/c1-10(13)6-14-7-11(2,3)16-12(8-14)4-5-15-9-12/h1,4-9H2,2-3H3/t12-/m1/s1. The minimum atomic E-state index is -0.141. The van der Waals surface area contributed by atoms with Crippen LogP contribution in [0.5, 0.6) is 0 Å². The highest BCUT2D eigenvalue weighted by molar-refractivity contribution is 6.29. The molecule has 16 heavy (non-hydrogen) atoms. The first-order chi connectivity index (χ1) is 7.41. The highest BCUT2D eigenvalue weighted by atomic mass is 35.5. The Hall–Kier alpha value is -0.0900. The quantitative estimate of drug-likeness (QED) is 0.743. The SMILES string of the molecule is C=C(Cl)CN1CC(C)(C)O[C@]2(CCOC2)C1. The fourth-order valence-corrected chi connectivity index (χ4v) is 2.97. The smallest absolute Gasteiger partial charge is 0.107 e. The second-order valence-electron chi connectivity index (χ2n) is 5.51. The van der Waals surface area contributed by atoms with E-state index in [9.17, 15) is 0 Å². The maximum atomic E-state index is 6.19. The predicted octanol–water partition coefficient (Wildman–Crippen LogP) is 2.01. The summed E-state index contributed by atoms with van der Waals surface area (Å²) < 4.78 is 11.7. The maximum Gasteiger partial charge on any atom is 0.107 e. The van der Waals surface area contributed by atoms with E-state index >= 15 is 0 Å². The van der Waals surface area contributed by atoms with Crippen molar-refractivity contribution in [3.8, 4) is 0 Å². The van der Waals surface area contributed by atoms with Crippen molar-refractivity contribution < 1.29 is 9.47 Å². The van der Waals surface area contributed by atoms with Gasteiger partial charge in [0.05, 0.1) is 12.2 Å². The van der Waals surface area contributed by atoms with Gasteiger partial charge in [0, 0.05) is 37.7 Å². The van der Waals surface area contributed by atoms with Gasteiger partial charge in [-0.1, -0.05) is 18.2 Å². The molecule has 2 rings (SSSR count). The Morgan fingerprint density at radius 1 is 1.44 bits per heavy atom. The summed E-state index contributed by atoms with van der Waals surface area (Å²) in [5.74, 6) is 0. The third kappa shape index (κ3) is 2.77. The number of ether oxygens (including phenoxy) is 2. The van der Waals surface area contributed by atoms with Crippen LogP contribution in [0.2, 0.25) is 0 Å². The Morgan fingerprint density at radius 2 is 2.19 bits per heavy atom. The molecule has 1 atom stereocenters. The van der Waals surface area contributed by atoms with E-state index in [-0.39, 0.29) is 11.2 Å². The van der Waals surface area contributed by atoms with E-state index < -0.39 is 0 Å². The topological polar surface area (TPSA) is 21.7 Å². The summed E-state index contributed by atoms with van der Waals surface area (Å²) in [4.78, 5) is 2.31. The molecule has 92 valence electrons. The Balaban J connectivity index is 2.09. The van der Waals surface area contributed by atoms with Crippen molar-refractivity contribution in [1.29, 1.82) is 0 Å². The summed E-state index contributed by atoms with van der Waals surface area (Å²) in [5.41, 5.74) is -0.271. The largest absolute Gasteiger partial charge is 0.378 e. The molecule has 0 amide bonds. The van der Waals surface area contributed by atoms with Gasteiger partial charge in [-0.25, -0.2) is 0 Å². The minimum Gasteiger partial charge on any atom is -0.378 e. The predicted molar refractivity (Wildman–Crippen MR) is 64.8 cm³/mol. The monoisotopic (exact) mass is 245 g/mol. The van der Waals surface area contributed by atoms with E-state index in [2.05, 4.69) is 25.3 Å². The van der Waals surface area contributed by atoms with Crippen molar-refractivity contribution in [2.45, 2.75) is 31.5 Å². The number of hydrogen-bond donors (Lipinski definition) is 0. The number of halogens is 1. The number of nitrogens with zero attached hydrogens (tertiary/aromatic N) is 1. The van der Waals surface area contributed by atoms with E-state index in [4.69, 9.17) is 21.1 Å². The van der Waals surface area contributed by atoms with Crippen molar-refractivity contribution >= 4 is 11.6 Å². The van der Waals surface area contributed by atoms with E-state index in [1.807, 2.05) is 0 Å². The van der Waals surface area contributed by atoms with Gasteiger partial charge in [0.2, 0.25) is 0 Å². The van der Waals surface area contributed by atoms with Crippen LogP contribution in [-0.2, 0) is 9.47 Å². The summed E-state index contributed by atoms with van der Waals surface area (Å²) in [6.07, 6.45) is 0.974. The molecule has 0 saturated carbocycles. The van der Waals surface area contributed by atoms with Crippen LogP contribution < -0.4 is 0 Å². The van der Waals surface area contributed by atoms with Crippen LogP contribution in [-0.4, -0.2) is 49.0 Å². The van der Waals surface area contributed by atoms with Crippen LogP contribution in [0.3, 0.4) is 0 Å². The first-order valence-corrected chi connectivity index (χ1v) is 6.12. The molecule has 0 unspecified atom stereocenters. The lowest BCUT2D eigenvalue weighted by atomic mass is 9.95. The van der Waals surface area contributed by atoms with E-state index in [0.717, 1.165) is 32.7 Å². The third-order valence-electron chi connectivity index (χ3n) is 3.07. The Morgan fingerprint density at radius 3 is 2.75 bits per heavy atom. The van der Waals surface area contributed by atoms with Gasteiger partial charge in [0.15, 0.2) is 0 Å². The molecule has 2 aliphatic rings. The molecule has 3 nitrogen and oxygen atoms in total. The normalized spacial score (nSPS) is 34.4. The molecular weight excluding hydrogens is 226 g/mol. The summed E-state index contributed by atoms with van der Waals surface area (Å²) in [6.45, 7) is 12.0. The molecule has 0 aromatic carbocycles. The van der Waals surface area contributed by atoms with Crippen LogP contribution in [0.4, 0.5) is 0 Å². The molecule has 0 bridgehead atoms. The molecular formula is C12H20ClNO2. The second-order valence-corrected chi connectivity index (χ2v) is 6.04. The third-order valence-corrected chi connectivity index (χ3v) is 3.19. The molecule has 2 saturated heterocycles. The summed E-state index contributed by atoms with van der Waals surface area (Å²) in [6, 6.07) is 0. The van der Waals surface area contributed by atoms with E-state index in [1.165, 1.54) is 0 Å². The molecule has 0 aromatic rings. The van der Waals surface area contributed by atoms with Gasteiger partial charge >= 0.3 is 0 Å². The molecule has 2 aliphatic heterocycles. The average molecular weight is 246 g/mol. The van der Waals surface area contributed by atoms with E-state index in [1.54, 1.807) is 0 Å². The minimum absolute atomic E-state index is 0.131. The van der Waals surface area contributed by atoms with Crippen molar-refractivity contribution in [2.75, 3.05) is 32.8 Å². The van der Waals surface area contributed by atoms with Gasteiger partial charge in [-0.05, 0) is 13.8 Å². The molecule has 4 heteroatoms. The van der Waals surface area contributed by atoms with Gasteiger partial charge in [0.1, 0.15) is 5.60 Å². The zero-order valence-corrected chi connectivity index (χ0v) is 10.8. The lowest BCUT2D eigenvalue weighted by Gasteiger charge is -2.48. The van der Waals surface area contributed by atoms with Crippen LogP contribution in [0.1, 0.15) is 20.3 Å². The maximum absolute atomic E-state index is 6.19. The number of morpholine rings is 1. The first kappa shape index (κ1) is 12.4. The fourth-order valence-electron chi connectivity index (χ4n) is 2.80. The van der Waals surface area contributed by atoms with Crippen LogP contribution in [0.15, 0.2) is 11.6 Å². The molecule has 0 aliphatic carbocycles. The average Bonchev–Trinajstić information content (AvgIpc) is 2.47. The van der Waals surface area contributed by atoms with Gasteiger partial charge in [-0.3, -0.25) is 4.90 Å². The fraction of sp³-hybridized carbons (Fsp3) is 0.833. The van der Waals surface area contributed by atoms with Crippen LogP contribution in [0.25, 0.3) is 0 Å². The van der Waals surface area contributed by atoms with E-state index in [0.29, 0.717) is 11.6 Å². The lowest BCUT2D eigenvalue weighted by Crippen LogP contribution is -2.60. The molecule has 0 aromatic heterocycles. The Kier molecular flexibility index (Phi) is 3.32. The zero-order chi connectivity index (χ0) is 11.8. The molecule has 2 heterocycles. The molecule has 0 radical (unpaired) electrons. The molecule has 2 fully saturated rings.